The third-order valence-electron chi connectivity index (χ3n) is 6.77. The zero-order chi connectivity index (χ0) is 19.4. The first-order chi connectivity index (χ1) is 13.7. The summed E-state index contributed by atoms with van der Waals surface area (Å²) < 4.78 is 5.76. The molecule has 6 heteroatoms. The molecule has 1 unspecified atom stereocenters. The molecule has 0 radical (unpaired) electrons. The number of ether oxygens (including phenoxy) is 1. The van der Waals surface area contributed by atoms with Crippen LogP contribution in [0.2, 0.25) is 0 Å². The Morgan fingerprint density at radius 1 is 1.18 bits per heavy atom. The fourth-order valence-corrected chi connectivity index (χ4v) is 4.93. The zero-order valence-corrected chi connectivity index (χ0v) is 17.2. The molecule has 0 spiro atoms. The molecule has 0 amide bonds. The summed E-state index contributed by atoms with van der Waals surface area (Å²) in [4.78, 5) is 10.0. The molecule has 2 fully saturated rings. The number of para-hydroxylation sites is 1. The summed E-state index contributed by atoms with van der Waals surface area (Å²) in [5.74, 6) is 1.52. The number of fused-ring (bicyclic) bond motifs is 1. The van der Waals surface area contributed by atoms with Gasteiger partial charge in [0, 0.05) is 17.5 Å². The van der Waals surface area contributed by atoms with E-state index < -0.39 is 0 Å². The first kappa shape index (κ1) is 19.5. The lowest BCUT2D eigenvalue weighted by Crippen LogP contribution is -2.58. The maximum Gasteiger partial charge on any atom is 0.189 e. The second-order valence-corrected chi connectivity index (χ2v) is 8.65. The summed E-state index contributed by atoms with van der Waals surface area (Å²) >= 11 is 0. The first-order valence-electron chi connectivity index (χ1n) is 10.9. The fraction of sp³-hybridized carbons (Fsp3) is 0.682. The van der Waals surface area contributed by atoms with Crippen LogP contribution in [0.1, 0.15) is 50.1 Å². The molecule has 1 aromatic carbocycles. The van der Waals surface area contributed by atoms with Gasteiger partial charge in [0.25, 0.3) is 0 Å². The van der Waals surface area contributed by atoms with E-state index in [0.29, 0.717) is 12.6 Å². The normalized spacial score (nSPS) is 26.3. The van der Waals surface area contributed by atoms with Crippen LogP contribution in [0, 0.1) is 0 Å². The molecule has 154 valence electrons. The Bertz CT molecular complexity index is 677. The maximum absolute atomic E-state index is 6.36. The monoisotopic (exact) mass is 385 g/mol. The molecule has 3 N–H and O–H groups in total. The van der Waals surface area contributed by atoms with Gasteiger partial charge in [-0.1, -0.05) is 24.6 Å². The number of benzene rings is 1. The lowest BCUT2D eigenvalue weighted by molar-refractivity contribution is 0.0208. The van der Waals surface area contributed by atoms with Gasteiger partial charge in [-0.3, -0.25) is 9.89 Å². The van der Waals surface area contributed by atoms with E-state index in [0.717, 1.165) is 31.8 Å². The van der Waals surface area contributed by atoms with Gasteiger partial charge < -0.3 is 20.7 Å². The highest BCUT2D eigenvalue weighted by Gasteiger charge is 2.39. The van der Waals surface area contributed by atoms with Crippen molar-refractivity contribution in [2.75, 3.05) is 46.4 Å². The van der Waals surface area contributed by atoms with E-state index in [1.807, 2.05) is 12.1 Å². The molecule has 6 nitrogen and oxygen atoms in total. The lowest BCUT2D eigenvalue weighted by Gasteiger charge is -2.49. The topological polar surface area (TPSA) is 66.1 Å². The van der Waals surface area contributed by atoms with Gasteiger partial charge >= 0.3 is 0 Å². The Hall–Kier alpha value is -1.79. The van der Waals surface area contributed by atoms with E-state index >= 15 is 0 Å². The standard InChI is InChI=1S/C22H35N5O/c1-26-14-10-22(11-15-26,27-12-5-2-6-13-27)17-24-21(23)25-19-9-16-28-20-8-4-3-7-18(19)20/h3-4,7-8,19H,2,5-6,9-17H2,1H3,(H3,23,24,25). The number of nitrogens with zero attached hydrogens (tertiary/aromatic N) is 3. The number of aliphatic imine (C=N–C) groups is 1. The number of guanidine groups is 1. The highest BCUT2D eigenvalue weighted by Crippen LogP contribution is 2.33. The molecular formula is C22H35N5O. The summed E-state index contributed by atoms with van der Waals surface area (Å²) in [6.07, 6.45) is 7.26. The number of hydrogen-bond donors (Lipinski definition) is 2. The van der Waals surface area contributed by atoms with Crippen molar-refractivity contribution < 1.29 is 4.74 Å². The number of piperidine rings is 2. The third kappa shape index (κ3) is 4.28. The highest BCUT2D eigenvalue weighted by molar-refractivity contribution is 5.78. The van der Waals surface area contributed by atoms with E-state index in [9.17, 15) is 0 Å². The lowest BCUT2D eigenvalue weighted by atomic mass is 9.84. The van der Waals surface area contributed by atoms with Crippen LogP contribution in [0.3, 0.4) is 0 Å². The van der Waals surface area contributed by atoms with Crippen molar-refractivity contribution in [3.8, 4) is 5.75 Å². The van der Waals surface area contributed by atoms with Crippen LogP contribution < -0.4 is 15.8 Å². The number of nitrogens with two attached hydrogens (primary N) is 1. The predicted molar refractivity (Wildman–Crippen MR) is 114 cm³/mol. The van der Waals surface area contributed by atoms with Crippen LogP contribution in [0.15, 0.2) is 29.3 Å². The number of hydrogen-bond acceptors (Lipinski definition) is 4. The summed E-state index contributed by atoms with van der Waals surface area (Å²) in [5, 5.41) is 3.46. The molecule has 4 rings (SSSR count). The van der Waals surface area contributed by atoms with Crippen molar-refractivity contribution in [3.63, 3.8) is 0 Å². The molecular weight excluding hydrogens is 350 g/mol. The molecule has 28 heavy (non-hydrogen) atoms. The quantitative estimate of drug-likeness (QED) is 0.615. The van der Waals surface area contributed by atoms with Crippen LogP contribution in [-0.4, -0.2) is 67.7 Å². The van der Waals surface area contributed by atoms with Gasteiger partial charge in [-0.2, -0.15) is 0 Å². The van der Waals surface area contributed by atoms with Crippen molar-refractivity contribution in [1.82, 2.24) is 15.1 Å². The molecule has 3 aliphatic heterocycles. The smallest absolute Gasteiger partial charge is 0.189 e. The Morgan fingerprint density at radius 3 is 2.71 bits per heavy atom. The van der Waals surface area contributed by atoms with Crippen LogP contribution in [-0.2, 0) is 0 Å². The summed E-state index contributed by atoms with van der Waals surface area (Å²) in [6.45, 7) is 6.22. The van der Waals surface area contributed by atoms with Crippen LogP contribution in [0.25, 0.3) is 0 Å². The molecule has 1 atom stereocenters. The van der Waals surface area contributed by atoms with E-state index in [1.54, 1.807) is 0 Å². The fourth-order valence-electron chi connectivity index (χ4n) is 4.93. The van der Waals surface area contributed by atoms with Crippen molar-refractivity contribution in [2.45, 2.75) is 50.1 Å². The van der Waals surface area contributed by atoms with Gasteiger partial charge in [0.15, 0.2) is 5.96 Å². The van der Waals surface area contributed by atoms with E-state index in [-0.39, 0.29) is 11.6 Å². The molecule has 2 saturated heterocycles. The van der Waals surface area contributed by atoms with Gasteiger partial charge in [0.1, 0.15) is 5.75 Å². The summed E-state index contributed by atoms with van der Waals surface area (Å²) in [6, 6.07) is 8.39. The van der Waals surface area contributed by atoms with Gasteiger partial charge in [0.05, 0.1) is 19.2 Å². The number of nitrogens with one attached hydrogen (secondary N) is 1. The van der Waals surface area contributed by atoms with Gasteiger partial charge in [0.2, 0.25) is 0 Å². The van der Waals surface area contributed by atoms with Gasteiger partial charge in [-0.15, -0.1) is 0 Å². The maximum atomic E-state index is 6.36. The average Bonchev–Trinajstić information content (AvgIpc) is 2.75. The SMILES string of the molecule is CN1CCC(CN=C(N)NC2CCOc3ccccc32)(N2CCCCC2)CC1. The highest BCUT2D eigenvalue weighted by atomic mass is 16.5. The van der Waals surface area contributed by atoms with Crippen molar-refractivity contribution in [3.05, 3.63) is 29.8 Å². The molecule has 1 aromatic rings. The van der Waals surface area contributed by atoms with Crippen LogP contribution in [0.5, 0.6) is 5.75 Å². The molecule has 3 aliphatic rings. The second kappa shape index (κ2) is 8.70. The summed E-state index contributed by atoms with van der Waals surface area (Å²) in [5.41, 5.74) is 7.71. The summed E-state index contributed by atoms with van der Waals surface area (Å²) in [7, 11) is 2.22. The molecule has 0 bridgehead atoms. The minimum Gasteiger partial charge on any atom is -0.493 e. The largest absolute Gasteiger partial charge is 0.493 e. The third-order valence-corrected chi connectivity index (χ3v) is 6.77. The van der Waals surface area contributed by atoms with Crippen molar-refractivity contribution in [1.29, 1.82) is 0 Å². The number of likely N-dealkylation sites (tertiary alicyclic amines) is 2. The Labute approximate surface area is 169 Å². The molecule has 3 heterocycles. The molecule has 0 aliphatic carbocycles. The molecule has 0 saturated carbocycles. The Balaban J connectivity index is 1.45. The Kier molecular flexibility index (Phi) is 6.07. The van der Waals surface area contributed by atoms with Crippen LogP contribution in [0.4, 0.5) is 0 Å². The zero-order valence-electron chi connectivity index (χ0n) is 17.2. The minimum absolute atomic E-state index is 0.173. The average molecular weight is 386 g/mol. The minimum atomic E-state index is 0.173. The van der Waals surface area contributed by atoms with E-state index in [1.165, 1.54) is 50.8 Å². The predicted octanol–water partition coefficient (Wildman–Crippen LogP) is 2.36. The Morgan fingerprint density at radius 2 is 1.93 bits per heavy atom. The van der Waals surface area contributed by atoms with Gasteiger partial charge in [-0.05, 0) is 65.0 Å². The second-order valence-electron chi connectivity index (χ2n) is 8.65. The van der Waals surface area contributed by atoms with E-state index in [4.69, 9.17) is 15.5 Å². The van der Waals surface area contributed by atoms with Gasteiger partial charge in [-0.25, -0.2) is 0 Å². The number of rotatable bonds is 4. The first-order valence-corrected chi connectivity index (χ1v) is 10.9. The van der Waals surface area contributed by atoms with E-state index in [2.05, 4.69) is 34.3 Å². The van der Waals surface area contributed by atoms with Crippen LogP contribution >= 0.6 is 0 Å². The molecule has 0 aromatic heterocycles. The van der Waals surface area contributed by atoms with Crippen molar-refractivity contribution >= 4 is 5.96 Å². The van der Waals surface area contributed by atoms with Crippen molar-refractivity contribution in [2.24, 2.45) is 10.7 Å².